The summed E-state index contributed by atoms with van der Waals surface area (Å²) in [5.74, 6) is 1.51. The fourth-order valence-corrected chi connectivity index (χ4v) is 3.55. The summed E-state index contributed by atoms with van der Waals surface area (Å²) in [6, 6.07) is 13.0. The van der Waals surface area contributed by atoms with Crippen LogP contribution in [0, 0.1) is 0 Å². The molecule has 0 saturated carbocycles. The second-order valence-corrected chi connectivity index (χ2v) is 6.39. The van der Waals surface area contributed by atoms with Gasteiger partial charge in [-0.2, -0.15) is 0 Å². The molecule has 0 radical (unpaired) electrons. The van der Waals surface area contributed by atoms with Gasteiger partial charge < -0.3 is 23.8 Å². The quantitative estimate of drug-likeness (QED) is 0.441. The van der Waals surface area contributed by atoms with E-state index < -0.39 is 11.5 Å². The highest BCUT2D eigenvalue weighted by atomic mass is 16.5. The Hall–Kier alpha value is -3.15. The van der Waals surface area contributed by atoms with E-state index in [4.69, 9.17) is 18.9 Å². The van der Waals surface area contributed by atoms with Gasteiger partial charge in [-0.25, -0.2) is 4.79 Å². The summed E-state index contributed by atoms with van der Waals surface area (Å²) >= 11 is 0. The highest BCUT2D eigenvalue weighted by Crippen LogP contribution is 2.41. The molecule has 1 atom stereocenters. The molecule has 156 valence electrons. The first kappa shape index (κ1) is 22.1. The SMILES string of the molecule is C=CCC(C(=O)OC)(c1cc(OC)cc(OC)c1)N(CC)c1ccc(OC)cc1. The number of rotatable bonds is 10. The molecule has 0 heterocycles. The molecule has 0 aliphatic heterocycles. The minimum absolute atomic E-state index is 0.329. The Balaban J connectivity index is 2.78. The van der Waals surface area contributed by atoms with Gasteiger partial charge in [0.2, 0.25) is 0 Å². The molecule has 0 N–H and O–H groups in total. The van der Waals surface area contributed by atoms with Crippen LogP contribution < -0.4 is 19.1 Å². The van der Waals surface area contributed by atoms with Crippen molar-refractivity contribution in [2.45, 2.75) is 18.9 Å². The van der Waals surface area contributed by atoms with E-state index in [1.54, 1.807) is 33.5 Å². The number of anilines is 1. The zero-order valence-corrected chi connectivity index (χ0v) is 17.7. The van der Waals surface area contributed by atoms with Gasteiger partial charge in [-0.1, -0.05) is 6.08 Å². The Morgan fingerprint density at radius 3 is 1.93 bits per heavy atom. The number of carbonyl (C=O) groups is 1. The smallest absolute Gasteiger partial charge is 0.336 e. The predicted octanol–water partition coefficient (Wildman–Crippen LogP) is 4.18. The molecule has 29 heavy (non-hydrogen) atoms. The number of hydrogen-bond donors (Lipinski definition) is 0. The third-order valence-corrected chi connectivity index (χ3v) is 4.95. The van der Waals surface area contributed by atoms with E-state index in [1.165, 1.54) is 7.11 Å². The van der Waals surface area contributed by atoms with Crippen molar-refractivity contribution in [1.82, 2.24) is 0 Å². The van der Waals surface area contributed by atoms with Crippen molar-refractivity contribution in [1.29, 1.82) is 0 Å². The molecule has 0 aromatic heterocycles. The van der Waals surface area contributed by atoms with Crippen LogP contribution in [-0.2, 0) is 15.1 Å². The van der Waals surface area contributed by atoms with E-state index >= 15 is 0 Å². The van der Waals surface area contributed by atoms with Gasteiger partial charge in [-0.05, 0) is 48.9 Å². The highest BCUT2D eigenvalue weighted by Gasteiger charge is 2.46. The predicted molar refractivity (Wildman–Crippen MR) is 114 cm³/mol. The summed E-state index contributed by atoms with van der Waals surface area (Å²) in [6.45, 7) is 6.43. The van der Waals surface area contributed by atoms with Crippen molar-refractivity contribution in [3.8, 4) is 17.2 Å². The van der Waals surface area contributed by atoms with E-state index in [0.29, 0.717) is 30.0 Å². The Labute approximate surface area is 172 Å². The number of methoxy groups -OCH3 is 4. The molecule has 1 unspecified atom stereocenters. The van der Waals surface area contributed by atoms with Gasteiger partial charge in [0.1, 0.15) is 17.2 Å². The molecule has 0 bridgehead atoms. The number of nitrogens with zero attached hydrogens (tertiary/aromatic N) is 1. The zero-order chi connectivity index (χ0) is 21.4. The van der Waals surface area contributed by atoms with Crippen LogP contribution in [0.5, 0.6) is 17.2 Å². The summed E-state index contributed by atoms with van der Waals surface area (Å²) in [5.41, 5.74) is 0.391. The fraction of sp³-hybridized carbons (Fsp3) is 0.348. The van der Waals surface area contributed by atoms with Crippen molar-refractivity contribution in [2.24, 2.45) is 0 Å². The summed E-state index contributed by atoms with van der Waals surface area (Å²) in [7, 11) is 6.16. The third kappa shape index (κ3) is 4.31. The van der Waals surface area contributed by atoms with E-state index in [0.717, 1.165) is 11.4 Å². The average Bonchev–Trinajstić information content (AvgIpc) is 2.78. The van der Waals surface area contributed by atoms with Crippen LogP contribution in [0.25, 0.3) is 0 Å². The van der Waals surface area contributed by atoms with E-state index in [1.807, 2.05) is 48.2 Å². The highest BCUT2D eigenvalue weighted by molar-refractivity contribution is 5.88. The molecule has 0 fully saturated rings. The third-order valence-electron chi connectivity index (χ3n) is 4.95. The maximum Gasteiger partial charge on any atom is 0.336 e. The molecular weight excluding hydrogens is 370 g/mol. The van der Waals surface area contributed by atoms with Crippen molar-refractivity contribution in [3.63, 3.8) is 0 Å². The topological polar surface area (TPSA) is 57.2 Å². The first-order valence-corrected chi connectivity index (χ1v) is 9.35. The number of benzene rings is 2. The molecule has 0 aliphatic rings. The van der Waals surface area contributed by atoms with Gasteiger partial charge in [0.25, 0.3) is 0 Å². The number of ether oxygens (including phenoxy) is 4. The van der Waals surface area contributed by atoms with Crippen LogP contribution in [0.1, 0.15) is 18.9 Å². The first-order valence-electron chi connectivity index (χ1n) is 9.35. The number of likely N-dealkylation sites (N-methyl/N-ethyl adjacent to an activating group) is 1. The van der Waals surface area contributed by atoms with Crippen LogP contribution in [-0.4, -0.2) is 41.0 Å². The molecule has 6 nitrogen and oxygen atoms in total. The lowest BCUT2D eigenvalue weighted by Gasteiger charge is -2.43. The first-order chi connectivity index (χ1) is 14.0. The Morgan fingerprint density at radius 2 is 1.52 bits per heavy atom. The van der Waals surface area contributed by atoms with Gasteiger partial charge in [-0.15, -0.1) is 6.58 Å². The van der Waals surface area contributed by atoms with Crippen LogP contribution in [0.15, 0.2) is 55.1 Å². The van der Waals surface area contributed by atoms with Gasteiger partial charge in [0.05, 0.1) is 28.4 Å². The zero-order valence-electron chi connectivity index (χ0n) is 17.7. The average molecular weight is 399 g/mol. The fourth-order valence-electron chi connectivity index (χ4n) is 3.55. The van der Waals surface area contributed by atoms with Crippen LogP contribution in [0.4, 0.5) is 5.69 Å². The lowest BCUT2D eigenvalue weighted by atomic mass is 9.83. The largest absolute Gasteiger partial charge is 0.497 e. The van der Waals surface area contributed by atoms with E-state index in [9.17, 15) is 4.79 Å². The molecule has 2 aromatic carbocycles. The van der Waals surface area contributed by atoms with Gasteiger partial charge in [0.15, 0.2) is 5.54 Å². The normalized spacial score (nSPS) is 12.4. The second-order valence-electron chi connectivity index (χ2n) is 6.39. The summed E-state index contributed by atoms with van der Waals surface area (Å²) in [4.78, 5) is 15.3. The molecule has 0 amide bonds. The molecule has 0 spiro atoms. The lowest BCUT2D eigenvalue weighted by molar-refractivity contribution is -0.147. The van der Waals surface area contributed by atoms with Crippen molar-refractivity contribution in [3.05, 3.63) is 60.7 Å². The lowest BCUT2D eigenvalue weighted by Crippen LogP contribution is -2.53. The van der Waals surface area contributed by atoms with Crippen molar-refractivity contribution in [2.75, 3.05) is 39.9 Å². The molecule has 0 saturated heterocycles. The molecule has 2 rings (SSSR count). The standard InChI is InChI=1S/C23H29NO5/c1-7-13-23(22(25)29-6,17-14-20(27-4)16-21(15-17)28-5)24(8-2)18-9-11-19(26-3)12-10-18/h7,9-12,14-16H,1,8,13H2,2-6H3. The van der Waals surface area contributed by atoms with Crippen LogP contribution >= 0.6 is 0 Å². The summed E-state index contributed by atoms with van der Waals surface area (Å²) < 4.78 is 21.4. The Kier molecular flexibility index (Phi) is 7.53. The molecular formula is C23H29NO5. The van der Waals surface area contributed by atoms with Crippen molar-refractivity contribution < 1.29 is 23.7 Å². The van der Waals surface area contributed by atoms with Gasteiger partial charge in [0, 0.05) is 24.7 Å². The molecule has 6 heteroatoms. The van der Waals surface area contributed by atoms with Gasteiger partial charge in [-0.3, -0.25) is 0 Å². The van der Waals surface area contributed by atoms with Gasteiger partial charge >= 0.3 is 5.97 Å². The minimum atomic E-state index is -1.15. The minimum Gasteiger partial charge on any atom is -0.497 e. The number of esters is 1. The van der Waals surface area contributed by atoms with Crippen LogP contribution in [0.2, 0.25) is 0 Å². The Morgan fingerprint density at radius 1 is 0.966 bits per heavy atom. The maximum atomic E-state index is 13.3. The molecule has 2 aromatic rings. The number of carbonyl (C=O) groups excluding carboxylic acids is 1. The number of hydrogen-bond acceptors (Lipinski definition) is 6. The maximum absolute atomic E-state index is 13.3. The second kappa shape index (κ2) is 9.87. The molecule has 0 aliphatic carbocycles. The van der Waals surface area contributed by atoms with Crippen LogP contribution in [0.3, 0.4) is 0 Å². The summed E-state index contributed by atoms with van der Waals surface area (Å²) in [5, 5.41) is 0. The van der Waals surface area contributed by atoms with Crippen molar-refractivity contribution >= 4 is 11.7 Å². The van der Waals surface area contributed by atoms with E-state index in [-0.39, 0.29) is 0 Å². The Bertz CT molecular complexity index is 811. The summed E-state index contributed by atoms with van der Waals surface area (Å²) in [6.07, 6.45) is 2.05. The van der Waals surface area contributed by atoms with E-state index in [2.05, 4.69) is 6.58 Å². The monoisotopic (exact) mass is 399 g/mol.